The summed E-state index contributed by atoms with van der Waals surface area (Å²) in [6.45, 7) is 3.95. The Bertz CT molecular complexity index is 482. The van der Waals surface area contributed by atoms with Crippen LogP contribution < -0.4 is 0 Å². The molecule has 1 heterocycles. The van der Waals surface area contributed by atoms with Gasteiger partial charge < -0.3 is 14.9 Å². The maximum Gasteiger partial charge on any atom is 0.257 e. The lowest BCUT2D eigenvalue weighted by molar-refractivity contribution is 0.0759. The molecule has 0 atom stereocenters. The number of aromatic hydroxyl groups is 1. The van der Waals surface area contributed by atoms with Gasteiger partial charge in [0.15, 0.2) is 0 Å². The molecule has 4 nitrogen and oxygen atoms in total. The van der Waals surface area contributed by atoms with E-state index in [0.29, 0.717) is 29.6 Å². The zero-order valence-electron chi connectivity index (χ0n) is 11.2. The standard InChI is InChI=1S/C14H18Cl2N2O2/c15-4-7-17-5-1-6-18(9-8-17)14(20)12-3-2-11(16)10-13(12)19/h2-3,10,19H,1,4-9H2. The van der Waals surface area contributed by atoms with E-state index in [-0.39, 0.29) is 11.7 Å². The minimum atomic E-state index is -0.146. The number of hydrogen-bond acceptors (Lipinski definition) is 3. The van der Waals surface area contributed by atoms with E-state index in [4.69, 9.17) is 23.2 Å². The van der Waals surface area contributed by atoms with E-state index in [2.05, 4.69) is 4.90 Å². The van der Waals surface area contributed by atoms with Crippen LogP contribution in [0, 0.1) is 0 Å². The van der Waals surface area contributed by atoms with Gasteiger partial charge in [0.2, 0.25) is 0 Å². The van der Waals surface area contributed by atoms with Gasteiger partial charge in [0.05, 0.1) is 5.56 Å². The molecule has 0 radical (unpaired) electrons. The normalized spacial score (nSPS) is 17.0. The Morgan fingerprint density at radius 2 is 2.05 bits per heavy atom. The zero-order chi connectivity index (χ0) is 14.5. The van der Waals surface area contributed by atoms with Crippen LogP contribution in [0.4, 0.5) is 0 Å². The molecule has 1 saturated heterocycles. The Balaban J connectivity index is 2.05. The third kappa shape index (κ3) is 3.78. The monoisotopic (exact) mass is 316 g/mol. The molecule has 1 amide bonds. The van der Waals surface area contributed by atoms with E-state index in [0.717, 1.165) is 26.1 Å². The first-order chi connectivity index (χ1) is 9.61. The van der Waals surface area contributed by atoms with Crippen molar-refractivity contribution < 1.29 is 9.90 Å². The minimum absolute atomic E-state index is 0.0654. The predicted octanol–water partition coefficient (Wildman–Crippen LogP) is 2.43. The molecular formula is C14H18Cl2N2O2. The van der Waals surface area contributed by atoms with Crippen molar-refractivity contribution in [3.63, 3.8) is 0 Å². The average Bonchev–Trinajstić information content (AvgIpc) is 2.64. The van der Waals surface area contributed by atoms with E-state index < -0.39 is 0 Å². The van der Waals surface area contributed by atoms with Crippen LogP contribution in [0.25, 0.3) is 0 Å². The van der Waals surface area contributed by atoms with Crippen molar-refractivity contribution in [3.05, 3.63) is 28.8 Å². The second kappa shape index (κ2) is 7.16. The van der Waals surface area contributed by atoms with Crippen molar-refractivity contribution in [2.45, 2.75) is 6.42 Å². The molecule has 0 unspecified atom stereocenters. The quantitative estimate of drug-likeness (QED) is 0.871. The van der Waals surface area contributed by atoms with Gasteiger partial charge in [0, 0.05) is 37.1 Å². The molecule has 6 heteroatoms. The molecule has 1 aromatic carbocycles. The summed E-state index contributed by atoms with van der Waals surface area (Å²) in [5.41, 5.74) is 0.306. The fourth-order valence-electron chi connectivity index (χ4n) is 2.37. The number of phenols is 1. The Morgan fingerprint density at radius 3 is 2.75 bits per heavy atom. The number of hydrogen-bond donors (Lipinski definition) is 1. The lowest BCUT2D eigenvalue weighted by Crippen LogP contribution is -2.35. The van der Waals surface area contributed by atoms with Crippen LogP contribution in [-0.2, 0) is 0 Å². The van der Waals surface area contributed by atoms with Gasteiger partial charge in [-0.3, -0.25) is 4.79 Å². The summed E-state index contributed by atoms with van der Waals surface area (Å²) in [5, 5.41) is 10.3. The van der Waals surface area contributed by atoms with Crippen LogP contribution in [0.2, 0.25) is 5.02 Å². The van der Waals surface area contributed by atoms with E-state index in [9.17, 15) is 9.90 Å². The van der Waals surface area contributed by atoms with Gasteiger partial charge in [-0.2, -0.15) is 0 Å². The molecule has 1 aliphatic heterocycles. The fraction of sp³-hybridized carbons (Fsp3) is 0.500. The maximum absolute atomic E-state index is 12.4. The Kier molecular flexibility index (Phi) is 5.52. The molecule has 1 aromatic rings. The molecular weight excluding hydrogens is 299 g/mol. The van der Waals surface area contributed by atoms with Gasteiger partial charge in [-0.25, -0.2) is 0 Å². The summed E-state index contributed by atoms with van der Waals surface area (Å²) in [4.78, 5) is 16.5. The van der Waals surface area contributed by atoms with Crippen LogP contribution in [0.1, 0.15) is 16.8 Å². The van der Waals surface area contributed by atoms with Crippen LogP contribution >= 0.6 is 23.2 Å². The lowest BCUT2D eigenvalue weighted by Gasteiger charge is -2.22. The molecule has 0 spiro atoms. The van der Waals surface area contributed by atoms with Crippen molar-refractivity contribution in [1.29, 1.82) is 0 Å². The SMILES string of the molecule is O=C(c1ccc(Cl)cc1O)N1CCCN(CCCl)CC1. The Morgan fingerprint density at radius 1 is 1.25 bits per heavy atom. The predicted molar refractivity (Wildman–Crippen MR) is 80.8 cm³/mol. The van der Waals surface area contributed by atoms with Gasteiger partial charge in [0.1, 0.15) is 5.75 Å². The number of amides is 1. The minimum Gasteiger partial charge on any atom is -0.507 e. The smallest absolute Gasteiger partial charge is 0.257 e. The summed E-state index contributed by atoms with van der Waals surface area (Å²) in [7, 11) is 0. The highest BCUT2D eigenvalue weighted by Gasteiger charge is 2.22. The molecule has 0 aliphatic carbocycles. The maximum atomic E-state index is 12.4. The van der Waals surface area contributed by atoms with Crippen LogP contribution in [0.15, 0.2) is 18.2 Å². The van der Waals surface area contributed by atoms with E-state index >= 15 is 0 Å². The number of benzene rings is 1. The molecule has 1 fully saturated rings. The number of carbonyl (C=O) groups excluding carboxylic acids is 1. The van der Waals surface area contributed by atoms with Crippen LogP contribution in [0.3, 0.4) is 0 Å². The number of halogens is 2. The van der Waals surface area contributed by atoms with Gasteiger partial charge in [-0.05, 0) is 31.2 Å². The first-order valence-corrected chi connectivity index (χ1v) is 7.59. The third-order valence-electron chi connectivity index (χ3n) is 3.47. The fourth-order valence-corrected chi connectivity index (χ4v) is 2.78. The van der Waals surface area contributed by atoms with Gasteiger partial charge in [-0.1, -0.05) is 11.6 Å². The summed E-state index contributed by atoms with van der Waals surface area (Å²) < 4.78 is 0. The second-order valence-corrected chi connectivity index (χ2v) is 5.65. The van der Waals surface area contributed by atoms with Gasteiger partial charge >= 0.3 is 0 Å². The number of nitrogens with zero attached hydrogens (tertiary/aromatic N) is 2. The number of carbonyl (C=O) groups is 1. The highest BCUT2D eigenvalue weighted by atomic mass is 35.5. The molecule has 1 aliphatic rings. The van der Waals surface area contributed by atoms with Crippen LogP contribution in [0.5, 0.6) is 5.75 Å². The summed E-state index contributed by atoms with van der Waals surface area (Å²) >= 11 is 11.5. The molecule has 0 bridgehead atoms. The van der Waals surface area contributed by atoms with Crippen molar-refractivity contribution in [3.8, 4) is 5.75 Å². The van der Waals surface area contributed by atoms with E-state index in [1.807, 2.05) is 0 Å². The van der Waals surface area contributed by atoms with Crippen molar-refractivity contribution in [1.82, 2.24) is 9.80 Å². The zero-order valence-corrected chi connectivity index (χ0v) is 12.7. The second-order valence-electron chi connectivity index (χ2n) is 4.84. The van der Waals surface area contributed by atoms with E-state index in [1.54, 1.807) is 17.0 Å². The Hall–Kier alpha value is -0.970. The van der Waals surface area contributed by atoms with Gasteiger partial charge in [0.25, 0.3) is 5.91 Å². The first kappa shape index (κ1) is 15.4. The van der Waals surface area contributed by atoms with Crippen molar-refractivity contribution in [2.75, 3.05) is 38.6 Å². The van der Waals surface area contributed by atoms with Crippen molar-refractivity contribution in [2.24, 2.45) is 0 Å². The third-order valence-corrected chi connectivity index (χ3v) is 3.87. The summed E-state index contributed by atoms with van der Waals surface area (Å²) in [5.74, 6) is 0.391. The van der Waals surface area contributed by atoms with Crippen molar-refractivity contribution >= 4 is 29.1 Å². The van der Waals surface area contributed by atoms with Crippen LogP contribution in [-0.4, -0.2) is 59.4 Å². The van der Waals surface area contributed by atoms with E-state index in [1.165, 1.54) is 6.07 Å². The largest absolute Gasteiger partial charge is 0.507 e. The first-order valence-electron chi connectivity index (χ1n) is 6.68. The summed E-state index contributed by atoms with van der Waals surface area (Å²) in [6, 6.07) is 4.58. The summed E-state index contributed by atoms with van der Waals surface area (Å²) in [6.07, 6.45) is 0.914. The topological polar surface area (TPSA) is 43.8 Å². The van der Waals surface area contributed by atoms with Gasteiger partial charge in [-0.15, -0.1) is 11.6 Å². The number of rotatable bonds is 3. The number of phenolic OH excluding ortho intramolecular Hbond substituents is 1. The molecule has 0 aromatic heterocycles. The number of alkyl halides is 1. The molecule has 2 rings (SSSR count). The highest BCUT2D eigenvalue weighted by molar-refractivity contribution is 6.30. The average molecular weight is 317 g/mol. The molecule has 0 saturated carbocycles. The highest BCUT2D eigenvalue weighted by Crippen LogP contribution is 2.23. The Labute approximate surface area is 128 Å². The molecule has 110 valence electrons. The molecule has 1 N–H and O–H groups in total. The molecule has 20 heavy (non-hydrogen) atoms. The lowest BCUT2D eigenvalue weighted by atomic mass is 10.1.